The Hall–Kier alpha value is -4.82. The summed E-state index contributed by atoms with van der Waals surface area (Å²) in [6, 6.07) is 19.6. The molecule has 0 amide bonds. The molecule has 0 radical (unpaired) electrons. The number of alkyl halides is 6. The van der Waals surface area contributed by atoms with E-state index in [2.05, 4.69) is 41.4 Å². The van der Waals surface area contributed by atoms with E-state index in [0.717, 1.165) is 29.8 Å². The third kappa shape index (κ3) is 9.84. The number of nitrogens with zero attached hydrogens (tertiary/aromatic N) is 7. The summed E-state index contributed by atoms with van der Waals surface area (Å²) in [5.41, 5.74) is 0.642. The molecule has 0 aliphatic rings. The van der Waals surface area contributed by atoms with Crippen LogP contribution in [0.5, 0.6) is 0 Å². The molecule has 7 nitrogen and oxygen atoms in total. The molecule has 238 valence electrons. The minimum absolute atomic E-state index is 0. The maximum Gasteiger partial charge on any atom is 3.00 e. The van der Waals surface area contributed by atoms with Crippen LogP contribution in [0.15, 0.2) is 91.4 Å². The summed E-state index contributed by atoms with van der Waals surface area (Å²) < 4.78 is 99.2. The smallest absolute Gasteiger partial charge is 0.573 e. The second kappa shape index (κ2) is 15.5. The summed E-state index contributed by atoms with van der Waals surface area (Å²) in [5.74, 6) is -1.28. The Morgan fingerprint density at radius 2 is 1.13 bits per heavy atom. The van der Waals surface area contributed by atoms with Crippen LogP contribution in [0, 0.1) is 24.6 Å². The topological polar surface area (TPSA) is 92.6 Å². The van der Waals surface area contributed by atoms with Crippen molar-refractivity contribution in [3.05, 3.63) is 126 Å². The number of pyridine rings is 3. The van der Waals surface area contributed by atoms with E-state index >= 15 is 0 Å². The maximum atomic E-state index is 13.4. The number of rotatable bonds is 3. The average molecular weight is 821 g/mol. The van der Waals surface area contributed by atoms with Gasteiger partial charge in [-0.2, -0.15) is 26.3 Å². The average Bonchev–Trinajstić information content (AvgIpc) is 3.70. The molecular formula is C30H18F8IrN7. The normalized spacial score (nSPS) is 11.0. The molecule has 0 N–H and O–H groups in total. The molecule has 0 saturated heterocycles. The van der Waals surface area contributed by atoms with E-state index in [-0.39, 0.29) is 37.1 Å². The molecule has 6 rings (SSSR count). The monoisotopic (exact) mass is 821 g/mol. The standard InChI is InChI=1S/C12H8F2N.2C9H5F3N3.Ir/c1-8-4-5-15-12(6-8)10-3-2-9(13)7-11(10)14;2*10-9(11,12)8-5-7(14-15-8)6-3-1-2-4-13-6;/h2,4-7H,1H3;2*1-5H;/q3*-1;+3. The molecule has 0 spiro atoms. The van der Waals surface area contributed by atoms with Crippen LogP contribution in [0.2, 0.25) is 0 Å². The summed E-state index contributed by atoms with van der Waals surface area (Å²) in [4.78, 5) is 11.8. The quantitative estimate of drug-likeness (QED) is 0.136. The van der Waals surface area contributed by atoms with Gasteiger partial charge in [0.25, 0.3) is 0 Å². The van der Waals surface area contributed by atoms with Crippen molar-refractivity contribution in [2.45, 2.75) is 19.3 Å². The summed E-state index contributed by atoms with van der Waals surface area (Å²) in [5, 5.41) is 12.9. The maximum absolute atomic E-state index is 13.4. The third-order valence-electron chi connectivity index (χ3n) is 5.54. The van der Waals surface area contributed by atoms with Crippen molar-refractivity contribution >= 4 is 0 Å². The van der Waals surface area contributed by atoms with Crippen LogP contribution in [-0.2, 0) is 32.5 Å². The molecule has 0 aliphatic heterocycles. The fourth-order valence-corrected chi connectivity index (χ4v) is 3.46. The van der Waals surface area contributed by atoms with Crippen LogP contribution in [0.25, 0.3) is 34.0 Å². The van der Waals surface area contributed by atoms with Crippen molar-refractivity contribution in [3.63, 3.8) is 0 Å². The van der Waals surface area contributed by atoms with E-state index in [4.69, 9.17) is 0 Å². The first-order chi connectivity index (χ1) is 21.3. The summed E-state index contributed by atoms with van der Waals surface area (Å²) in [6.07, 6.45) is -4.37. The molecule has 0 saturated carbocycles. The molecule has 16 heteroatoms. The van der Waals surface area contributed by atoms with Gasteiger partial charge in [0.2, 0.25) is 0 Å². The minimum Gasteiger partial charge on any atom is -0.573 e. The van der Waals surface area contributed by atoms with E-state index in [9.17, 15) is 35.1 Å². The number of aryl methyl sites for hydroxylation is 1. The molecule has 1 aromatic carbocycles. The van der Waals surface area contributed by atoms with Gasteiger partial charge in [0.05, 0.1) is 0 Å². The summed E-state index contributed by atoms with van der Waals surface area (Å²) in [7, 11) is 0. The molecule has 0 atom stereocenters. The van der Waals surface area contributed by atoms with Crippen LogP contribution in [-0.4, -0.2) is 25.1 Å². The van der Waals surface area contributed by atoms with Crippen LogP contribution in [0.1, 0.15) is 17.0 Å². The Bertz CT molecular complexity index is 1740. The second-order valence-electron chi connectivity index (χ2n) is 8.91. The van der Waals surface area contributed by atoms with Crippen molar-refractivity contribution in [2.24, 2.45) is 0 Å². The van der Waals surface area contributed by atoms with Crippen molar-refractivity contribution in [1.29, 1.82) is 0 Å². The number of aromatic nitrogens is 7. The van der Waals surface area contributed by atoms with Crippen molar-refractivity contribution in [3.8, 4) is 34.0 Å². The Morgan fingerprint density at radius 1 is 0.630 bits per heavy atom. The first kappa shape index (κ1) is 35.7. The van der Waals surface area contributed by atoms with E-state index in [0.29, 0.717) is 17.1 Å². The SMILES string of the molecule is Cc1ccnc(-c2[c-]cc(F)cc2F)c1.FC(F)(F)c1cc(-c2ccccn2)[n-]n1.FC(F)(F)c1cc(-c2ccccn2)[n-]n1.[Ir+3]. The van der Waals surface area contributed by atoms with Gasteiger partial charge in [-0.1, -0.05) is 46.8 Å². The fourth-order valence-electron chi connectivity index (χ4n) is 3.46. The number of hydrogen-bond acceptors (Lipinski definition) is 5. The first-order valence-electron chi connectivity index (χ1n) is 12.6. The van der Waals surface area contributed by atoms with E-state index in [1.807, 2.05) is 13.0 Å². The zero-order valence-corrected chi connectivity index (χ0v) is 25.5. The molecule has 5 heterocycles. The van der Waals surface area contributed by atoms with Crippen LogP contribution < -0.4 is 10.2 Å². The van der Waals surface area contributed by atoms with Crippen LogP contribution >= 0.6 is 0 Å². The molecule has 0 unspecified atom stereocenters. The number of hydrogen-bond donors (Lipinski definition) is 0. The summed E-state index contributed by atoms with van der Waals surface area (Å²) in [6.45, 7) is 1.88. The largest absolute Gasteiger partial charge is 3.00 e. The molecule has 0 bridgehead atoms. The third-order valence-corrected chi connectivity index (χ3v) is 5.54. The van der Waals surface area contributed by atoms with E-state index < -0.39 is 35.4 Å². The van der Waals surface area contributed by atoms with Crippen LogP contribution in [0.3, 0.4) is 0 Å². The van der Waals surface area contributed by atoms with Gasteiger partial charge >= 0.3 is 32.5 Å². The molecule has 5 aromatic heterocycles. The number of halogens is 8. The van der Waals surface area contributed by atoms with Gasteiger partial charge in [0.1, 0.15) is 11.4 Å². The second-order valence-corrected chi connectivity index (χ2v) is 8.91. The van der Waals surface area contributed by atoms with Gasteiger partial charge in [-0.25, -0.2) is 0 Å². The van der Waals surface area contributed by atoms with Crippen molar-refractivity contribution in [1.82, 2.24) is 35.3 Å². The van der Waals surface area contributed by atoms with Gasteiger partial charge in [-0.15, -0.1) is 12.1 Å². The van der Waals surface area contributed by atoms with E-state index in [1.165, 1.54) is 12.4 Å². The van der Waals surface area contributed by atoms with Gasteiger partial charge in [0, 0.05) is 41.6 Å². The minimum atomic E-state index is -4.46. The molecule has 0 fully saturated rings. The molecule has 46 heavy (non-hydrogen) atoms. The van der Waals surface area contributed by atoms with Gasteiger partial charge in [-0.3, -0.25) is 18.7 Å². The van der Waals surface area contributed by atoms with Crippen molar-refractivity contribution in [2.75, 3.05) is 0 Å². The Labute approximate surface area is 269 Å². The molecule has 6 aromatic rings. The predicted octanol–water partition coefficient (Wildman–Crippen LogP) is 7.37. The van der Waals surface area contributed by atoms with Gasteiger partial charge in [-0.05, 0) is 55.1 Å². The fraction of sp³-hybridized carbons (Fsp3) is 0.100. The number of benzene rings is 1. The summed E-state index contributed by atoms with van der Waals surface area (Å²) >= 11 is 0. The van der Waals surface area contributed by atoms with Gasteiger partial charge in [0.15, 0.2) is 0 Å². The predicted molar refractivity (Wildman–Crippen MR) is 145 cm³/mol. The van der Waals surface area contributed by atoms with Crippen molar-refractivity contribution < 1.29 is 55.2 Å². The van der Waals surface area contributed by atoms with E-state index in [1.54, 1.807) is 48.7 Å². The first-order valence-corrected chi connectivity index (χ1v) is 12.6. The zero-order chi connectivity index (χ0) is 32.6. The Morgan fingerprint density at radius 3 is 1.52 bits per heavy atom. The zero-order valence-electron chi connectivity index (χ0n) is 23.1. The molecular weight excluding hydrogens is 803 g/mol. The Kier molecular flexibility index (Phi) is 12.0. The Balaban J connectivity index is 0.000000186. The van der Waals surface area contributed by atoms with Crippen LogP contribution in [0.4, 0.5) is 35.1 Å². The van der Waals surface area contributed by atoms with Gasteiger partial charge < -0.3 is 25.4 Å². The molecule has 0 aliphatic carbocycles.